The van der Waals surface area contributed by atoms with Crippen LogP contribution in [0.4, 0.5) is 14.9 Å². The van der Waals surface area contributed by atoms with E-state index in [0.717, 1.165) is 0 Å². The second-order valence-corrected chi connectivity index (χ2v) is 7.20. The molecule has 0 bridgehead atoms. The van der Waals surface area contributed by atoms with Gasteiger partial charge in [0.05, 0.1) is 5.69 Å². The molecule has 1 heterocycles. The van der Waals surface area contributed by atoms with Gasteiger partial charge in [-0.2, -0.15) is 0 Å². The molecule has 0 spiro atoms. The Morgan fingerprint density at radius 3 is 2.40 bits per heavy atom. The Balaban J connectivity index is 1.92. The predicted molar refractivity (Wildman–Crippen MR) is 93.8 cm³/mol. The number of amides is 2. The van der Waals surface area contributed by atoms with E-state index in [1.165, 1.54) is 6.92 Å². The molecule has 1 aliphatic rings. The lowest BCUT2D eigenvalue weighted by molar-refractivity contribution is -0.114. The summed E-state index contributed by atoms with van der Waals surface area (Å²) in [7, 11) is 0. The van der Waals surface area contributed by atoms with Gasteiger partial charge in [0.2, 0.25) is 5.91 Å². The molecule has 2 rings (SSSR count). The number of halogens is 1. The summed E-state index contributed by atoms with van der Waals surface area (Å²) in [6.07, 6.45) is -0.314. The first kappa shape index (κ1) is 19.2. The quantitative estimate of drug-likeness (QED) is 0.910. The van der Waals surface area contributed by atoms with Crippen LogP contribution in [-0.2, 0) is 16.1 Å². The van der Waals surface area contributed by atoms with Gasteiger partial charge in [0.1, 0.15) is 5.60 Å². The number of anilines is 1. The minimum Gasteiger partial charge on any atom is -0.444 e. The van der Waals surface area contributed by atoms with E-state index in [-0.39, 0.29) is 17.7 Å². The standard InChI is InChI=1S/C18H26FN3O3/c1-13(23)20-15-7-5-6-14(16(15)19)12-21-8-10-22(11-9-21)17(24)25-18(2,3)4/h5-7H,8-12H2,1-4H3,(H,20,23). The van der Waals surface area contributed by atoms with Gasteiger partial charge in [-0.25, -0.2) is 9.18 Å². The summed E-state index contributed by atoms with van der Waals surface area (Å²) < 4.78 is 19.8. The lowest BCUT2D eigenvalue weighted by Crippen LogP contribution is -2.49. The Kier molecular flexibility index (Phi) is 6.00. The Labute approximate surface area is 147 Å². The fraction of sp³-hybridized carbons (Fsp3) is 0.556. The summed E-state index contributed by atoms with van der Waals surface area (Å²) in [5.41, 5.74) is 0.205. The number of hydrogen-bond acceptors (Lipinski definition) is 4. The molecule has 138 valence electrons. The molecule has 1 saturated heterocycles. The smallest absolute Gasteiger partial charge is 0.410 e. The highest BCUT2D eigenvalue weighted by Crippen LogP contribution is 2.20. The summed E-state index contributed by atoms with van der Waals surface area (Å²) in [6.45, 7) is 9.67. The summed E-state index contributed by atoms with van der Waals surface area (Å²) >= 11 is 0. The topological polar surface area (TPSA) is 61.9 Å². The SMILES string of the molecule is CC(=O)Nc1cccc(CN2CCN(C(=O)OC(C)(C)C)CC2)c1F. The van der Waals surface area contributed by atoms with Gasteiger partial charge in [-0.15, -0.1) is 0 Å². The monoisotopic (exact) mass is 351 g/mol. The number of rotatable bonds is 3. The van der Waals surface area contributed by atoms with Crippen LogP contribution in [0.1, 0.15) is 33.3 Å². The number of carbonyl (C=O) groups excluding carboxylic acids is 2. The van der Waals surface area contributed by atoms with Crippen LogP contribution in [0.2, 0.25) is 0 Å². The summed E-state index contributed by atoms with van der Waals surface area (Å²) in [5.74, 6) is -0.714. The Morgan fingerprint density at radius 2 is 1.84 bits per heavy atom. The molecular weight excluding hydrogens is 325 g/mol. The third-order valence-corrected chi connectivity index (χ3v) is 3.81. The van der Waals surface area contributed by atoms with E-state index in [1.807, 2.05) is 20.8 Å². The molecule has 1 aromatic rings. The molecule has 1 aromatic carbocycles. The molecule has 0 saturated carbocycles. The van der Waals surface area contributed by atoms with Gasteiger partial charge in [-0.05, 0) is 26.8 Å². The molecule has 0 unspecified atom stereocenters. The summed E-state index contributed by atoms with van der Waals surface area (Å²) in [5, 5.41) is 2.49. The number of benzene rings is 1. The van der Waals surface area contributed by atoms with Gasteiger partial charge in [-0.1, -0.05) is 12.1 Å². The van der Waals surface area contributed by atoms with Crippen LogP contribution in [0.25, 0.3) is 0 Å². The van der Waals surface area contributed by atoms with E-state index in [9.17, 15) is 14.0 Å². The van der Waals surface area contributed by atoms with E-state index < -0.39 is 11.4 Å². The summed E-state index contributed by atoms with van der Waals surface area (Å²) in [6, 6.07) is 4.97. The van der Waals surface area contributed by atoms with E-state index in [4.69, 9.17) is 4.74 Å². The minimum atomic E-state index is -0.512. The lowest BCUT2D eigenvalue weighted by Gasteiger charge is -2.35. The largest absolute Gasteiger partial charge is 0.444 e. The van der Waals surface area contributed by atoms with Gasteiger partial charge < -0.3 is 15.0 Å². The number of nitrogens with zero attached hydrogens (tertiary/aromatic N) is 2. The fourth-order valence-electron chi connectivity index (χ4n) is 2.64. The molecule has 6 nitrogen and oxygen atoms in total. The van der Waals surface area contributed by atoms with Crippen molar-refractivity contribution in [1.29, 1.82) is 0 Å². The molecular formula is C18H26FN3O3. The van der Waals surface area contributed by atoms with Crippen LogP contribution >= 0.6 is 0 Å². The van der Waals surface area contributed by atoms with E-state index in [1.54, 1.807) is 23.1 Å². The predicted octanol–water partition coefficient (Wildman–Crippen LogP) is 2.84. The minimum absolute atomic E-state index is 0.192. The molecule has 0 radical (unpaired) electrons. The lowest BCUT2D eigenvalue weighted by atomic mass is 10.1. The third-order valence-electron chi connectivity index (χ3n) is 3.81. The first-order valence-electron chi connectivity index (χ1n) is 8.41. The van der Waals surface area contributed by atoms with Crippen LogP contribution < -0.4 is 5.32 Å². The van der Waals surface area contributed by atoms with E-state index in [2.05, 4.69) is 10.2 Å². The molecule has 1 N–H and O–H groups in total. The van der Waals surface area contributed by atoms with E-state index in [0.29, 0.717) is 38.3 Å². The Bertz CT molecular complexity index is 635. The van der Waals surface area contributed by atoms with E-state index >= 15 is 0 Å². The Hall–Kier alpha value is -2.15. The third kappa shape index (κ3) is 5.70. The maximum absolute atomic E-state index is 14.5. The number of ether oxygens (including phenoxy) is 1. The number of hydrogen-bond donors (Lipinski definition) is 1. The molecule has 0 aromatic heterocycles. The van der Waals surface area contributed by atoms with Crippen molar-refractivity contribution in [3.8, 4) is 0 Å². The highest BCUT2D eigenvalue weighted by atomic mass is 19.1. The molecule has 0 aliphatic carbocycles. The van der Waals surface area contributed by atoms with Crippen LogP contribution in [0.15, 0.2) is 18.2 Å². The number of piperazine rings is 1. The second kappa shape index (κ2) is 7.82. The van der Waals surface area contributed by atoms with Gasteiger partial charge in [0.25, 0.3) is 0 Å². The summed E-state index contributed by atoms with van der Waals surface area (Å²) in [4.78, 5) is 26.9. The zero-order chi connectivity index (χ0) is 18.6. The average Bonchev–Trinajstić information content (AvgIpc) is 2.50. The van der Waals surface area contributed by atoms with Crippen molar-refractivity contribution in [3.05, 3.63) is 29.6 Å². The zero-order valence-corrected chi connectivity index (χ0v) is 15.3. The molecule has 1 fully saturated rings. The first-order chi connectivity index (χ1) is 11.7. The van der Waals surface area contributed by atoms with Crippen molar-refractivity contribution in [2.24, 2.45) is 0 Å². The molecule has 25 heavy (non-hydrogen) atoms. The van der Waals surface area contributed by atoms with Gasteiger partial charge >= 0.3 is 6.09 Å². The van der Waals surface area contributed by atoms with Gasteiger partial charge in [0, 0.05) is 45.2 Å². The van der Waals surface area contributed by atoms with Gasteiger partial charge in [0.15, 0.2) is 5.82 Å². The number of nitrogens with one attached hydrogen (secondary N) is 1. The maximum Gasteiger partial charge on any atom is 0.410 e. The Morgan fingerprint density at radius 1 is 1.20 bits per heavy atom. The van der Waals surface area contributed by atoms with Crippen LogP contribution in [0.5, 0.6) is 0 Å². The number of carbonyl (C=O) groups is 2. The molecule has 7 heteroatoms. The molecule has 0 atom stereocenters. The van der Waals surface area contributed by atoms with Crippen LogP contribution in [0, 0.1) is 5.82 Å². The van der Waals surface area contributed by atoms with Crippen LogP contribution in [0.3, 0.4) is 0 Å². The first-order valence-corrected chi connectivity index (χ1v) is 8.41. The van der Waals surface area contributed by atoms with Crippen molar-refractivity contribution in [2.45, 2.75) is 39.8 Å². The van der Waals surface area contributed by atoms with Crippen molar-refractivity contribution in [2.75, 3.05) is 31.5 Å². The van der Waals surface area contributed by atoms with Crippen LogP contribution in [-0.4, -0.2) is 53.6 Å². The highest BCUT2D eigenvalue weighted by molar-refractivity contribution is 5.88. The van der Waals surface area contributed by atoms with Crippen molar-refractivity contribution in [1.82, 2.24) is 9.80 Å². The fourth-order valence-corrected chi connectivity index (χ4v) is 2.64. The highest BCUT2D eigenvalue weighted by Gasteiger charge is 2.26. The second-order valence-electron chi connectivity index (χ2n) is 7.20. The maximum atomic E-state index is 14.5. The van der Waals surface area contributed by atoms with Crippen molar-refractivity contribution in [3.63, 3.8) is 0 Å². The van der Waals surface area contributed by atoms with Crippen molar-refractivity contribution >= 4 is 17.7 Å². The molecule has 2 amide bonds. The average molecular weight is 351 g/mol. The molecule has 1 aliphatic heterocycles. The van der Waals surface area contributed by atoms with Gasteiger partial charge in [-0.3, -0.25) is 9.69 Å². The van der Waals surface area contributed by atoms with Crippen molar-refractivity contribution < 1.29 is 18.7 Å². The normalized spacial score (nSPS) is 15.8. The zero-order valence-electron chi connectivity index (χ0n) is 15.3.